The number of carbonyl (C=O) groups excluding carboxylic acids is 1. The lowest BCUT2D eigenvalue weighted by Crippen LogP contribution is -2.43. The number of amides is 1. The monoisotopic (exact) mass is 331 g/mol. The minimum absolute atomic E-state index is 0.0754. The normalized spacial score (nSPS) is 27.0. The number of halogens is 1. The fourth-order valence-electron chi connectivity index (χ4n) is 3.59. The van der Waals surface area contributed by atoms with Gasteiger partial charge in [0.15, 0.2) is 5.60 Å². The molecule has 3 aliphatic rings. The summed E-state index contributed by atoms with van der Waals surface area (Å²) in [6.07, 6.45) is 4.76. The fourth-order valence-corrected chi connectivity index (χ4v) is 3.59. The van der Waals surface area contributed by atoms with Gasteiger partial charge in [-0.1, -0.05) is 17.3 Å². The van der Waals surface area contributed by atoms with Crippen LogP contribution in [0.1, 0.15) is 37.7 Å². The minimum atomic E-state index is -0.369. The molecule has 0 aromatic heterocycles. The molecule has 6 heteroatoms. The van der Waals surface area contributed by atoms with Gasteiger partial charge in [-0.15, -0.1) is 0 Å². The molecule has 24 heavy (non-hydrogen) atoms. The zero-order valence-corrected chi connectivity index (χ0v) is 13.6. The molecule has 0 bridgehead atoms. The number of hydrogen-bond donors (Lipinski definition) is 1. The second-order valence-corrected chi connectivity index (χ2v) is 7.18. The number of likely N-dealkylation sites (tertiary alicyclic amines) is 1. The van der Waals surface area contributed by atoms with Gasteiger partial charge in [-0.05, 0) is 37.0 Å². The van der Waals surface area contributed by atoms with Crippen LogP contribution in [0.25, 0.3) is 0 Å². The first-order valence-corrected chi connectivity index (χ1v) is 8.65. The van der Waals surface area contributed by atoms with Crippen LogP contribution in [0.15, 0.2) is 29.4 Å². The Labute approximate surface area is 140 Å². The maximum absolute atomic E-state index is 13.0. The van der Waals surface area contributed by atoms with Crippen LogP contribution in [0.4, 0.5) is 4.39 Å². The average molecular weight is 331 g/mol. The Morgan fingerprint density at radius 2 is 2.17 bits per heavy atom. The third-order valence-corrected chi connectivity index (χ3v) is 5.26. The summed E-state index contributed by atoms with van der Waals surface area (Å²) in [5.74, 6) is -0.292. The van der Waals surface area contributed by atoms with Crippen LogP contribution in [-0.2, 0) is 16.2 Å². The molecule has 1 aromatic carbocycles. The summed E-state index contributed by atoms with van der Waals surface area (Å²) >= 11 is 0. The van der Waals surface area contributed by atoms with Crippen LogP contribution >= 0.6 is 0 Å². The molecule has 1 aromatic rings. The number of nitrogens with one attached hydrogen (secondary N) is 1. The highest BCUT2D eigenvalue weighted by atomic mass is 19.1. The second kappa shape index (κ2) is 6.16. The van der Waals surface area contributed by atoms with Crippen molar-refractivity contribution in [3.05, 3.63) is 35.6 Å². The molecule has 1 saturated carbocycles. The Kier molecular flexibility index (Phi) is 4.00. The topological polar surface area (TPSA) is 53.9 Å². The van der Waals surface area contributed by atoms with Crippen molar-refractivity contribution in [2.45, 2.75) is 50.3 Å². The quantitative estimate of drug-likeness (QED) is 0.920. The molecule has 1 N–H and O–H groups in total. The molecule has 1 amide bonds. The molecule has 1 saturated heterocycles. The first-order chi connectivity index (χ1) is 11.6. The zero-order valence-electron chi connectivity index (χ0n) is 13.6. The summed E-state index contributed by atoms with van der Waals surface area (Å²) in [7, 11) is 0. The van der Waals surface area contributed by atoms with Crippen LogP contribution in [-0.4, -0.2) is 41.3 Å². The molecule has 1 atom stereocenters. The molecule has 128 valence electrons. The molecule has 0 radical (unpaired) electrons. The fraction of sp³-hybridized carbons (Fsp3) is 0.556. The van der Waals surface area contributed by atoms with Crippen LogP contribution < -0.4 is 5.32 Å². The number of hydrogen-bond acceptors (Lipinski definition) is 4. The number of benzene rings is 1. The SMILES string of the molecule is O=C(NC1CCC1)C1=NOC2(CCN(Cc3ccc(F)cc3)C2)C1. The average Bonchev–Trinajstić information content (AvgIpc) is 3.13. The number of nitrogens with zero attached hydrogens (tertiary/aromatic N) is 2. The van der Waals surface area contributed by atoms with Gasteiger partial charge in [0, 0.05) is 38.5 Å². The van der Waals surface area contributed by atoms with Gasteiger partial charge in [-0.2, -0.15) is 0 Å². The van der Waals surface area contributed by atoms with Crippen molar-refractivity contribution in [2.75, 3.05) is 13.1 Å². The molecule has 1 spiro atoms. The van der Waals surface area contributed by atoms with E-state index in [-0.39, 0.29) is 17.3 Å². The van der Waals surface area contributed by atoms with E-state index in [0.717, 1.165) is 44.5 Å². The van der Waals surface area contributed by atoms with E-state index >= 15 is 0 Å². The first kappa shape index (κ1) is 15.6. The molecular weight excluding hydrogens is 309 g/mol. The Hall–Kier alpha value is -1.95. The highest BCUT2D eigenvalue weighted by molar-refractivity contribution is 6.39. The summed E-state index contributed by atoms with van der Waals surface area (Å²) in [6, 6.07) is 6.90. The van der Waals surface area contributed by atoms with Crippen LogP contribution in [0, 0.1) is 5.82 Å². The van der Waals surface area contributed by atoms with Crippen molar-refractivity contribution < 1.29 is 14.0 Å². The lowest BCUT2D eigenvalue weighted by Gasteiger charge is -2.26. The smallest absolute Gasteiger partial charge is 0.269 e. The predicted octanol–water partition coefficient (Wildman–Crippen LogP) is 2.22. The van der Waals surface area contributed by atoms with Gasteiger partial charge in [-0.25, -0.2) is 4.39 Å². The van der Waals surface area contributed by atoms with E-state index in [1.54, 1.807) is 0 Å². The van der Waals surface area contributed by atoms with E-state index in [0.29, 0.717) is 18.2 Å². The van der Waals surface area contributed by atoms with E-state index in [9.17, 15) is 9.18 Å². The van der Waals surface area contributed by atoms with Gasteiger partial charge in [0.25, 0.3) is 5.91 Å². The van der Waals surface area contributed by atoms with E-state index in [1.807, 2.05) is 12.1 Å². The molecular formula is C18H22FN3O2. The third kappa shape index (κ3) is 3.15. The summed E-state index contributed by atoms with van der Waals surface area (Å²) in [4.78, 5) is 20.2. The lowest BCUT2D eigenvalue weighted by molar-refractivity contribution is -0.116. The maximum Gasteiger partial charge on any atom is 0.269 e. The van der Waals surface area contributed by atoms with Crippen molar-refractivity contribution in [3.63, 3.8) is 0 Å². The van der Waals surface area contributed by atoms with Gasteiger partial charge < -0.3 is 10.2 Å². The van der Waals surface area contributed by atoms with Crippen LogP contribution in [0.5, 0.6) is 0 Å². The van der Waals surface area contributed by atoms with Crippen molar-refractivity contribution in [2.24, 2.45) is 5.16 Å². The second-order valence-electron chi connectivity index (χ2n) is 7.18. The maximum atomic E-state index is 13.0. The van der Waals surface area contributed by atoms with Crippen molar-refractivity contribution in [1.82, 2.24) is 10.2 Å². The van der Waals surface area contributed by atoms with E-state index < -0.39 is 0 Å². The molecule has 2 heterocycles. The summed E-state index contributed by atoms with van der Waals surface area (Å²) in [5, 5.41) is 7.09. The first-order valence-electron chi connectivity index (χ1n) is 8.65. The Morgan fingerprint density at radius 1 is 1.38 bits per heavy atom. The van der Waals surface area contributed by atoms with Crippen molar-refractivity contribution >= 4 is 11.6 Å². The van der Waals surface area contributed by atoms with Gasteiger partial charge in [0.2, 0.25) is 0 Å². The van der Waals surface area contributed by atoms with Crippen molar-refractivity contribution in [1.29, 1.82) is 0 Å². The van der Waals surface area contributed by atoms with E-state index in [2.05, 4.69) is 15.4 Å². The largest absolute Gasteiger partial charge is 0.387 e. The third-order valence-electron chi connectivity index (χ3n) is 5.26. The van der Waals surface area contributed by atoms with Gasteiger partial charge >= 0.3 is 0 Å². The Bertz CT molecular complexity index is 657. The summed E-state index contributed by atoms with van der Waals surface area (Å²) in [6.45, 7) is 2.40. The Balaban J connectivity index is 1.31. The van der Waals surface area contributed by atoms with Crippen LogP contribution in [0.3, 0.4) is 0 Å². The molecule has 1 aliphatic carbocycles. The molecule has 2 aliphatic heterocycles. The number of rotatable bonds is 4. The molecule has 2 fully saturated rings. The van der Waals surface area contributed by atoms with E-state index in [1.165, 1.54) is 18.6 Å². The van der Waals surface area contributed by atoms with E-state index in [4.69, 9.17) is 4.84 Å². The molecule has 4 rings (SSSR count). The minimum Gasteiger partial charge on any atom is -0.387 e. The Morgan fingerprint density at radius 3 is 2.88 bits per heavy atom. The van der Waals surface area contributed by atoms with Gasteiger partial charge in [-0.3, -0.25) is 9.69 Å². The van der Waals surface area contributed by atoms with Gasteiger partial charge in [0.1, 0.15) is 11.5 Å². The standard InChI is InChI=1S/C18H22FN3O2/c19-14-6-4-13(5-7-14)11-22-9-8-18(12-22)10-16(21-24-18)17(23)20-15-2-1-3-15/h4-7,15H,1-3,8-12H2,(H,20,23). The van der Waals surface area contributed by atoms with Gasteiger partial charge in [0.05, 0.1) is 0 Å². The predicted molar refractivity (Wildman–Crippen MR) is 87.9 cm³/mol. The number of carbonyl (C=O) groups is 1. The highest BCUT2D eigenvalue weighted by Crippen LogP contribution is 2.34. The summed E-state index contributed by atoms with van der Waals surface area (Å²) < 4.78 is 13.0. The molecule has 5 nitrogen and oxygen atoms in total. The van der Waals surface area contributed by atoms with Crippen molar-refractivity contribution in [3.8, 4) is 0 Å². The van der Waals surface area contributed by atoms with Crippen LogP contribution in [0.2, 0.25) is 0 Å². The highest BCUT2D eigenvalue weighted by Gasteiger charge is 2.46. The summed E-state index contributed by atoms with van der Waals surface area (Å²) in [5.41, 5.74) is 1.23. The number of oxime groups is 1. The molecule has 1 unspecified atom stereocenters. The zero-order chi connectivity index (χ0) is 16.6. The lowest BCUT2D eigenvalue weighted by atomic mass is 9.92.